The lowest BCUT2D eigenvalue weighted by Gasteiger charge is -2.11. The van der Waals surface area contributed by atoms with Crippen LogP contribution in [-0.2, 0) is 6.54 Å². The second kappa shape index (κ2) is 4.65. The molecule has 92 valence electrons. The van der Waals surface area contributed by atoms with Gasteiger partial charge in [0.25, 0.3) is 0 Å². The smallest absolute Gasteiger partial charge is 0.142 e. The highest BCUT2D eigenvalue weighted by atomic mass is 16.5. The van der Waals surface area contributed by atoms with Crippen LogP contribution >= 0.6 is 0 Å². The van der Waals surface area contributed by atoms with Crippen molar-refractivity contribution in [3.05, 3.63) is 23.5 Å². The number of nitrogens with one attached hydrogen (secondary N) is 1. The van der Waals surface area contributed by atoms with Crippen molar-refractivity contribution in [1.82, 2.24) is 10.3 Å². The number of hydrogen-bond donors (Lipinski definition) is 1. The molecule has 2 saturated carbocycles. The van der Waals surface area contributed by atoms with Gasteiger partial charge in [0.2, 0.25) is 0 Å². The molecular weight excluding hydrogens is 212 g/mol. The van der Waals surface area contributed by atoms with Crippen LogP contribution < -0.4 is 10.1 Å². The summed E-state index contributed by atoms with van der Waals surface area (Å²) in [4.78, 5) is 4.58. The highest BCUT2D eigenvalue weighted by Gasteiger charge is 2.23. The summed E-state index contributed by atoms with van der Waals surface area (Å²) in [6.07, 6.45) is 5.28. The number of rotatable bonds is 6. The Balaban J connectivity index is 1.64. The van der Waals surface area contributed by atoms with Crippen molar-refractivity contribution in [1.29, 1.82) is 0 Å². The summed E-state index contributed by atoms with van der Waals surface area (Å²) in [5.41, 5.74) is 2.13. The lowest BCUT2D eigenvalue weighted by atomic mass is 10.2. The third-order valence-corrected chi connectivity index (χ3v) is 3.38. The summed E-state index contributed by atoms with van der Waals surface area (Å²) in [5, 5.41) is 3.50. The molecule has 1 aromatic rings. The first-order valence-electron chi connectivity index (χ1n) is 6.64. The van der Waals surface area contributed by atoms with Crippen LogP contribution in [0.3, 0.4) is 0 Å². The molecule has 0 unspecified atom stereocenters. The molecule has 1 heterocycles. The normalized spacial score (nSPS) is 19.4. The van der Waals surface area contributed by atoms with Gasteiger partial charge in [-0.15, -0.1) is 0 Å². The Hall–Kier alpha value is -1.09. The van der Waals surface area contributed by atoms with E-state index in [1.807, 2.05) is 13.0 Å². The van der Waals surface area contributed by atoms with Crippen LogP contribution in [0.2, 0.25) is 0 Å². The maximum atomic E-state index is 5.87. The monoisotopic (exact) mass is 232 g/mol. The second-order valence-electron chi connectivity index (χ2n) is 5.31. The standard InChI is InChI=1S/C14H20N2O/c1-10-2-7-14(17-9-11-3-4-11)13(16-10)8-15-12-5-6-12/h2,7,11-12,15H,3-6,8-9H2,1H3. The minimum atomic E-state index is 0.716. The lowest BCUT2D eigenvalue weighted by Crippen LogP contribution is -2.17. The molecule has 2 fully saturated rings. The highest BCUT2D eigenvalue weighted by molar-refractivity contribution is 5.29. The molecule has 2 aliphatic rings. The Morgan fingerprint density at radius 2 is 2.12 bits per heavy atom. The van der Waals surface area contributed by atoms with Gasteiger partial charge in [0, 0.05) is 18.3 Å². The quantitative estimate of drug-likeness (QED) is 0.818. The van der Waals surface area contributed by atoms with E-state index in [1.165, 1.54) is 25.7 Å². The highest BCUT2D eigenvalue weighted by Crippen LogP contribution is 2.30. The molecule has 3 heteroatoms. The van der Waals surface area contributed by atoms with Gasteiger partial charge >= 0.3 is 0 Å². The van der Waals surface area contributed by atoms with Crippen LogP contribution in [0.1, 0.15) is 37.1 Å². The Morgan fingerprint density at radius 1 is 1.29 bits per heavy atom. The van der Waals surface area contributed by atoms with Gasteiger partial charge in [0.1, 0.15) is 5.75 Å². The lowest BCUT2D eigenvalue weighted by molar-refractivity contribution is 0.294. The molecule has 0 amide bonds. The van der Waals surface area contributed by atoms with Crippen LogP contribution in [-0.4, -0.2) is 17.6 Å². The first-order valence-corrected chi connectivity index (χ1v) is 6.64. The summed E-state index contributed by atoms with van der Waals surface area (Å²) >= 11 is 0. The van der Waals surface area contributed by atoms with Crippen molar-refractivity contribution >= 4 is 0 Å². The zero-order valence-electron chi connectivity index (χ0n) is 10.4. The maximum Gasteiger partial charge on any atom is 0.142 e. The van der Waals surface area contributed by atoms with E-state index in [2.05, 4.69) is 16.4 Å². The molecule has 3 rings (SSSR count). The Morgan fingerprint density at radius 3 is 2.82 bits per heavy atom. The first-order chi connectivity index (χ1) is 8.31. The third-order valence-electron chi connectivity index (χ3n) is 3.38. The van der Waals surface area contributed by atoms with E-state index in [0.29, 0.717) is 6.04 Å². The molecule has 0 saturated heterocycles. The molecule has 3 nitrogen and oxygen atoms in total. The Kier molecular flexibility index (Phi) is 3.02. The summed E-state index contributed by atoms with van der Waals surface area (Å²) in [5.74, 6) is 1.76. The average molecular weight is 232 g/mol. The van der Waals surface area contributed by atoms with E-state index in [1.54, 1.807) is 0 Å². The molecule has 1 aromatic heterocycles. The maximum absolute atomic E-state index is 5.87. The fraction of sp³-hybridized carbons (Fsp3) is 0.643. The summed E-state index contributed by atoms with van der Waals surface area (Å²) in [7, 11) is 0. The van der Waals surface area contributed by atoms with Crippen molar-refractivity contribution in [3.8, 4) is 5.75 Å². The van der Waals surface area contributed by atoms with Crippen LogP contribution in [0.15, 0.2) is 12.1 Å². The molecule has 0 aromatic carbocycles. The Labute approximate surface area is 103 Å². The number of pyridine rings is 1. The van der Waals surface area contributed by atoms with E-state index < -0.39 is 0 Å². The van der Waals surface area contributed by atoms with Gasteiger partial charge < -0.3 is 10.1 Å². The van der Waals surface area contributed by atoms with E-state index >= 15 is 0 Å². The number of nitrogens with zero attached hydrogens (tertiary/aromatic N) is 1. The van der Waals surface area contributed by atoms with E-state index in [0.717, 1.165) is 36.2 Å². The summed E-state index contributed by atoms with van der Waals surface area (Å²) < 4.78 is 5.87. The van der Waals surface area contributed by atoms with Crippen molar-refractivity contribution < 1.29 is 4.74 Å². The van der Waals surface area contributed by atoms with Gasteiger partial charge in [-0.3, -0.25) is 4.98 Å². The fourth-order valence-corrected chi connectivity index (χ4v) is 1.88. The van der Waals surface area contributed by atoms with Crippen LogP contribution in [0.25, 0.3) is 0 Å². The van der Waals surface area contributed by atoms with Crippen molar-refractivity contribution in [2.45, 2.75) is 45.2 Å². The van der Waals surface area contributed by atoms with E-state index in [-0.39, 0.29) is 0 Å². The number of hydrogen-bond acceptors (Lipinski definition) is 3. The minimum absolute atomic E-state index is 0.716. The number of ether oxygens (including phenoxy) is 1. The molecule has 0 radical (unpaired) electrons. The van der Waals surface area contributed by atoms with Gasteiger partial charge in [-0.2, -0.15) is 0 Å². The zero-order chi connectivity index (χ0) is 11.7. The second-order valence-corrected chi connectivity index (χ2v) is 5.31. The van der Waals surface area contributed by atoms with Gasteiger partial charge in [-0.25, -0.2) is 0 Å². The minimum Gasteiger partial charge on any atom is -0.491 e. The predicted octanol–water partition coefficient (Wildman–Crippen LogP) is 2.43. The van der Waals surface area contributed by atoms with E-state index in [4.69, 9.17) is 4.74 Å². The molecule has 0 atom stereocenters. The Bertz CT molecular complexity index is 397. The van der Waals surface area contributed by atoms with Gasteiger partial charge in [-0.1, -0.05) is 0 Å². The topological polar surface area (TPSA) is 34.1 Å². The summed E-state index contributed by atoms with van der Waals surface area (Å²) in [6, 6.07) is 4.81. The molecule has 2 aliphatic carbocycles. The third kappa shape index (κ3) is 3.19. The van der Waals surface area contributed by atoms with E-state index in [9.17, 15) is 0 Å². The molecule has 0 aliphatic heterocycles. The van der Waals surface area contributed by atoms with Crippen molar-refractivity contribution in [2.24, 2.45) is 5.92 Å². The first kappa shape index (κ1) is 11.0. The SMILES string of the molecule is Cc1ccc(OCC2CC2)c(CNC2CC2)n1. The zero-order valence-corrected chi connectivity index (χ0v) is 10.4. The fourth-order valence-electron chi connectivity index (χ4n) is 1.88. The molecule has 1 N–H and O–H groups in total. The number of aromatic nitrogens is 1. The van der Waals surface area contributed by atoms with Gasteiger partial charge in [0.15, 0.2) is 0 Å². The molecule has 17 heavy (non-hydrogen) atoms. The molecule has 0 bridgehead atoms. The largest absolute Gasteiger partial charge is 0.491 e. The molecular formula is C14H20N2O. The van der Waals surface area contributed by atoms with Crippen LogP contribution in [0, 0.1) is 12.8 Å². The van der Waals surface area contributed by atoms with Gasteiger partial charge in [-0.05, 0) is 50.7 Å². The number of aryl methyl sites for hydroxylation is 1. The van der Waals surface area contributed by atoms with Crippen LogP contribution in [0.4, 0.5) is 0 Å². The predicted molar refractivity (Wildman–Crippen MR) is 67.1 cm³/mol. The molecule has 0 spiro atoms. The van der Waals surface area contributed by atoms with Crippen LogP contribution in [0.5, 0.6) is 5.75 Å². The van der Waals surface area contributed by atoms with Gasteiger partial charge in [0.05, 0.1) is 12.3 Å². The van der Waals surface area contributed by atoms with Crippen molar-refractivity contribution in [3.63, 3.8) is 0 Å². The van der Waals surface area contributed by atoms with Crippen molar-refractivity contribution in [2.75, 3.05) is 6.61 Å². The average Bonchev–Trinajstić information content (AvgIpc) is 3.18. The summed E-state index contributed by atoms with van der Waals surface area (Å²) in [6.45, 7) is 3.73.